The van der Waals surface area contributed by atoms with Crippen LogP contribution in [0.5, 0.6) is 5.75 Å². The first-order valence-corrected chi connectivity index (χ1v) is 12.6. The van der Waals surface area contributed by atoms with Gasteiger partial charge in [-0.25, -0.2) is 14.8 Å². The summed E-state index contributed by atoms with van der Waals surface area (Å²) in [5, 5.41) is 25.0. The number of carbonyl (C=O) groups excluding carboxylic acids is 3. The highest BCUT2D eigenvalue weighted by atomic mass is 16.5. The molecule has 2 rings (SSSR count). The van der Waals surface area contributed by atoms with Crippen LogP contribution in [0.1, 0.15) is 73.7 Å². The van der Waals surface area contributed by atoms with Gasteiger partial charge in [0.25, 0.3) is 5.91 Å². The predicted molar refractivity (Wildman–Crippen MR) is 137 cm³/mol. The van der Waals surface area contributed by atoms with Crippen molar-refractivity contribution in [2.75, 3.05) is 13.3 Å². The third kappa shape index (κ3) is 8.23. The Morgan fingerprint density at radius 3 is 2.53 bits per heavy atom. The lowest BCUT2D eigenvalue weighted by Crippen LogP contribution is -2.47. The van der Waals surface area contributed by atoms with Crippen molar-refractivity contribution in [2.45, 2.75) is 58.9 Å². The Bertz CT molecular complexity index is 1110. The summed E-state index contributed by atoms with van der Waals surface area (Å²) in [4.78, 5) is 56.4. The Hall–Kier alpha value is -4.06. The van der Waals surface area contributed by atoms with Crippen molar-refractivity contribution in [2.24, 2.45) is 5.92 Å². The molecule has 1 heterocycles. The fourth-order valence-electron chi connectivity index (χ4n) is 4.03. The van der Waals surface area contributed by atoms with Gasteiger partial charge in [0, 0.05) is 5.56 Å². The lowest BCUT2D eigenvalue weighted by molar-refractivity contribution is -0.168. The van der Waals surface area contributed by atoms with Crippen LogP contribution in [0, 0.1) is 5.92 Å². The van der Waals surface area contributed by atoms with Crippen LogP contribution < -0.4 is 15.4 Å². The fourth-order valence-corrected chi connectivity index (χ4v) is 4.03. The van der Waals surface area contributed by atoms with Gasteiger partial charge >= 0.3 is 5.97 Å². The molecule has 206 valence electrons. The number of ether oxygens (including phenoxy) is 1. The monoisotopic (exact) mass is 529 g/mol. The third-order valence-electron chi connectivity index (χ3n) is 5.97. The van der Waals surface area contributed by atoms with E-state index in [2.05, 4.69) is 20.6 Å². The van der Waals surface area contributed by atoms with Crippen molar-refractivity contribution < 1.29 is 34.2 Å². The standard InChI is InChI=1S/C26H35N5O7/c1-4-7-8-9-18(22(5-2)31(37)16-32)24(33)28-15-29-25(34)21-14-27-13-20(30-21)17-10-11-19(26(35)36)23(12-17)38-6-3/h10-14,16,18,22,37H,4-9,15H2,1-3H3,(H,28,33)(H,29,34)(H,35,36)/t18-,22-/m1/s1. The van der Waals surface area contributed by atoms with Gasteiger partial charge < -0.3 is 20.5 Å². The van der Waals surface area contributed by atoms with Gasteiger partial charge in [0.1, 0.15) is 17.0 Å². The van der Waals surface area contributed by atoms with E-state index in [0.717, 1.165) is 19.3 Å². The minimum Gasteiger partial charge on any atom is -0.493 e. The van der Waals surface area contributed by atoms with Crippen molar-refractivity contribution in [3.8, 4) is 17.0 Å². The maximum Gasteiger partial charge on any atom is 0.339 e. The Labute approximate surface area is 221 Å². The zero-order chi connectivity index (χ0) is 28.1. The zero-order valence-electron chi connectivity index (χ0n) is 21.8. The number of amides is 3. The van der Waals surface area contributed by atoms with Gasteiger partial charge in [-0.15, -0.1) is 0 Å². The van der Waals surface area contributed by atoms with E-state index in [1.807, 2.05) is 6.92 Å². The highest BCUT2D eigenvalue weighted by molar-refractivity contribution is 5.93. The molecule has 0 aliphatic heterocycles. The number of carboxylic acids is 1. The van der Waals surface area contributed by atoms with Gasteiger partial charge in [-0.1, -0.05) is 39.2 Å². The van der Waals surface area contributed by atoms with Crippen molar-refractivity contribution >= 4 is 24.2 Å². The van der Waals surface area contributed by atoms with Crippen molar-refractivity contribution in [1.29, 1.82) is 0 Å². The van der Waals surface area contributed by atoms with Crippen LogP contribution in [-0.2, 0) is 9.59 Å². The van der Waals surface area contributed by atoms with E-state index < -0.39 is 29.7 Å². The molecule has 1 aromatic carbocycles. The quantitative estimate of drug-likeness (QED) is 0.0839. The SMILES string of the molecule is CCCCC[C@@H](C(=O)NCNC(=O)c1cncc(-c2ccc(C(=O)O)c(OCC)c2)n1)[C@@H](CC)N(O)C=O. The number of carboxylic acid groups (broad SMARTS) is 1. The lowest BCUT2D eigenvalue weighted by Gasteiger charge is -2.29. The molecule has 12 nitrogen and oxygen atoms in total. The number of benzene rings is 1. The minimum atomic E-state index is -1.13. The molecule has 38 heavy (non-hydrogen) atoms. The maximum atomic E-state index is 12.9. The smallest absolute Gasteiger partial charge is 0.339 e. The average Bonchev–Trinajstić information content (AvgIpc) is 2.92. The van der Waals surface area contributed by atoms with Crippen LogP contribution >= 0.6 is 0 Å². The van der Waals surface area contributed by atoms with E-state index in [1.54, 1.807) is 19.9 Å². The van der Waals surface area contributed by atoms with Crippen LogP contribution in [0.25, 0.3) is 11.3 Å². The summed E-state index contributed by atoms with van der Waals surface area (Å²) < 4.78 is 5.42. The maximum absolute atomic E-state index is 12.9. The van der Waals surface area contributed by atoms with Crippen LogP contribution in [0.3, 0.4) is 0 Å². The number of carbonyl (C=O) groups is 4. The Kier molecular flexibility index (Phi) is 12.1. The van der Waals surface area contributed by atoms with E-state index in [-0.39, 0.29) is 36.7 Å². The second kappa shape index (κ2) is 15.3. The molecule has 3 amide bonds. The second-order valence-corrected chi connectivity index (χ2v) is 8.53. The first kappa shape index (κ1) is 30.2. The molecule has 0 aliphatic rings. The number of rotatable bonds is 16. The summed E-state index contributed by atoms with van der Waals surface area (Å²) in [6, 6.07) is 3.78. The number of hydroxylamine groups is 2. The molecule has 0 aliphatic carbocycles. The number of aromatic carboxylic acids is 1. The van der Waals surface area contributed by atoms with E-state index in [4.69, 9.17) is 4.74 Å². The molecule has 0 fully saturated rings. The third-order valence-corrected chi connectivity index (χ3v) is 5.97. The number of aromatic nitrogens is 2. The second-order valence-electron chi connectivity index (χ2n) is 8.53. The van der Waals surface area contributed by atoms with Gasteiger partial charge in [-0.2, -0.15) is 0 Å². The summed E-state index contributed by atoms with van der Waals surface area (Å²) in [6.45, 7) is 5.62. The first-order valence-electron chi connectivity index (χ1n) is 12.6. The lowest BCUT2D eigenvalue weighted by atomic mass is 9.90. The van der Waals surface area contributed by atoms with Gasteiger partial charge in [0.2, 0.25) is 12.3 Å². The van der Waals surface area contributed by atoms with Crippen molar-refractivity contribution in [3.05, 3.63) is 41.9 Å². The molecule has 2 aromatic rings. The number of unbranched alkanes of at least 4 members (excludes halogenated alkanes) is 2. The average molecular weight is 530 g/mol. The Morgan fingerprint density at radius 1 is 1.13 bits per heavy atom. The normalized spacial score (nSPS) is 12.2. The van der Waals surface area contributed by atoms with E-state index in [1.165, 1.54) is 24.5 Å². The number of hydrogen-bond acceptors (Lipinski definition) is 8. The summed E-state index contributed by atoms with van der Waals surface area (Å²) in [6.07, 6.45) is 6.46. The van der Waals surface area contributed by atoms with Gasteiger partial charge in [-0.05, 0) is 31.9 Å². The summed E-state index contributed by atoms with van der Waals surface area (Å²) in [5.74, 6) is -2.58. The van der Waals surface area contributed by atoms with Crippen LogP contribution in [0.4, 0.5) is 0 Å². The minimum absolute atomic E-state index is 0.00368. The van der Waals surface area contributed by atoms with E-state index in [9.17, 15) is 29.5 Å². The molecule has 0 saturated heterocycles. The molecule has 0 unspecified atom stereocenters. The van der Waals surface area contributed by atoms with Crippen LogP contribution in [-0.4, -0.2) is 68.9 Å². The molecule has 0 spiro atoms. The molecule has 12 heteroatoms. The largest absolute Gasteiger partial charge is 0.493 e. The van der Waals surface area contributed by atoms with Gasteiger partial charge in [0.15, 0.2) is 0 Å². The molecule has 1 aromatic heterocycles. The fraction of sp³-hybridized carbons (Fsp3) is 0.462. The van der Waals surface area contributed by atoms with Crippen LogP contribution in [0.15, 0.2) is 30.6 Å². The van der Waals surface area contributed by atoms with Crippen molar-refractivity contribution in [3.63, 3.8) is 0 Å². The zero-order valence-corrected chi connectivity index (χ0v) is 21.8. The molecule has 0 bridgehead atoms. The summed E-state index contributed by atoms with van der Waals surface area (Å²) >= 11 is 0. The predicted octanol–water partition coefficient (Wildman–Crippen LogP) is 2.87. The highest BCUT2D eigenvalue weighted by Gasteiger charge is 2.30. The summed E-state index contributed by atoms with van der Waals surface area (Å²) in [5.41, 5.74) is 0.839. The number of nitrogens with zero attached hydrogens (tertiary/aromatic N) is 3. The molecular weight excluding hydrogens is 494 g/mol. The van der Waals surface area contributed by atoms with Gasteiger partial charge in [-0.3, -0.25) is 24.6 Å². The van der Waals surface area contributed by atoms with Crippen molar-refractivity contribution in [1.82, 2.24) is 25.7 Å². The number of nitrogens with one attached hydrogen (secondary N) is 2. The molecule has 0 radical (unpaired) electrons. The molecule has 0 saturated carbocycles. The first-order chi connectivity index (χ1) is 18.3. The topological polar surface area (TPSA) is 171 Å². The molecular formula is C26H35N5O7. The van der Waals surface area contributed by atoms with E-state index >= 15 is 0 Å². The van der Waals surface area contributed by atoms with Gasteiger partial charge in [0.05, 0.1) is 43.3 Å². The Balaban J connectivity index is 2.09. The molecule has 2 atom stereocenters. The summed E-state index contributed by atoms with van der Waals surface area (Å²) in [7, 11) is 0. The Morgan fingerprint density at radius 2 is 1.89 bits per heavy atom. The van der Waals surface area contributed by atoms with Crippen LogP contribution in [0.2, 0.25) is 0 Å². The highest BCUT2D eigenvalue weighted by Crippen LogP contribution is 2.26. The number of hydrogen-bond donors (Lipinski definition) is 4. The molecule has 4 N–H and O–H groups in total. The van der Waals surface area contributed by atoms with E-state index in [0.29, 0.717) is 29.2 Å².